The van der Waals surface area contributed by atoms with Crippen LogP contribution >= 0.6 is 0 Å². The fraction of sp³-hybridized carbons (Fsp3) is 1.00. The lowest BCUT2D eigenvalue weighted by Gasteiger charge is -2.33. The summed E-state index contributed by atoms with van der Waals surface area (Å²) in [6, 6.07) is 0. The number of hydrogen-bond donors (Lipinski definition) is 4. The maximum absolute atomic E-state index is 9.17. The number of piperidine rings is 1. The first-order valence-corrected chi connectivity index (χ1v) is 3.40. The Bertz CT molecular complexity index is 106. The topological polar surface area (TPSA) is 72.7 Å². The van der Waals surface area contributed by atoms with Gasteiger partial charge in [-0.2, -0.15) is 0 Å². The van der Waals surface area contributed by atoms with E-state index in [4.69, 9.17) is 15.3 Å². The first-order valence-electron chi connectivity index (χ1n) is 3.40. The third-order valence-corrected chi connectivity index (χ3v) is 1.91. The van der Waals surface area contributed by atoms with Crippen molar-refractivity contribution in [3.63, 3.8) is 0 Å². The Labute approximate surface area is 59.5 Å². The molecule has 1 heterocycles. The second-order valence-corrected chi connectivity index (χ2v) is 2.81. The highest BCUT2D eigenvalue weighted by Crippen LogP contribution is 2.13. The molecule has 0 spiro atoms. The van der Waals surface area contributed by atoms with Gasteiger partial charge in [-0.1, -0.05) is 6.92 Å². The Morgan fingerprint density at radius 3 is 2.30 bits per heavy atom. The van der Waals surface area contributed by atoms with Crippen molar-refractivity contribution >= 4 is 0 Å². The Kier molecular flexibility index (Phi) is 2.25. The highest BCUT2D eigenvalue weighted by molar-refractivity contribution is 4.84. The van der Waals surface area contributed by atoms with Crippen LogP contribution in [0.25, 0.3) is 0 Å². The molecule has 4 atom stereocenters. The average molecular weight is 147 g/mol. The summed E-state index contributed by atoms with van der Waals surface area (Å²) in [5.74, 6) is -0.00148. The van der Waals surface area contributed by atoms with Gasteiger partial charge in [0.15, 0.2) is 0 Å². The maximum atomic E-state index is 9.17. The van der Waals surface area contributed by atoms with Crippen molar-refractivity contribution in [1.82, 2.24) is 5.32 Å². The van der Waals surface area contributed by atoms with Crippen molar-refractivity contribution in [2.75, 3.05) is 6.54 Å². The first kappa shape index (κ1) is 7.94. The van der Waals surface area contributed by atoms with E-state index < -0.39 is 18.4 Å². The lowest BCUT2D eigenvalue weighted by Crippen LogP contribution is -2.56. The van der Waals surface area contributed by atoms with Crippen molar-refractivity contribution in [2.24, 2.45) is 5.92 Å². The van der Waals surface area contributed by atoms with Gasteiger partial charge < -0.3 is 15.3 Å². The van der Waals surface area contributed by atoms with Crippen LogP contribution < -0.4 is 5.32 Å². The molecule has 60 valence electrons. The van der Waals surface area contributed by atoms with Crippen LogP contribution in [0.1, 0.15) is 6.92 Å². The number of aliphatic hydroxyl groups excluding tert-OH is 3. The minimum absolute atomic E-state index is 0.00148. The Morgan fingerprint density at radius 1 is 1.20 bits per heavy atom. The van der Waals surface area contributed by atoms with Gasteiger partial charge >= 0.3 is 0 Å². The van der Waals surface area contributed by atoms with Crippen molar-refractivity contribution in [3.05, 3.63) is 0 Å². The molecular weight excluding hydrogens is 134 g/mol. The molecule has 0 unspecified atom stereocenters. The predicted octanol–water partition coefficient (Wildman–Crippen LogP) is -1.73. The van der Waals surface area contributed by atoms with Crippen LogP contribution in [0.5, 0.6) is 0 Å². The summed E-state index contributed by atoms with van der Waals surface area (Å²) < 4.78 is 0. The van der Waals surface area contributed by atoms with Gasteiger partial charge in [0.05, 0.1) is 6.10 Å². The quantitative estimate of drug-likeness (QED) is 0.328. The average Bonchev–Trinajstić information content (AvgIpc) is 1.93. The largest absolute Gasteiger partial charge is 0.390 e. The molecule has 1 fully saturated rings. The third-order valence-electron chi connectivity index (χ3n) is 1.91. The van der Waals surface area contributed by atoms with Gasteiger partial charge in [0.25, 0.3) is 0 Å². The van der Waals surface area contributed by atoms with Gasteiger partial charge in [0, 0.05) is 6.54 Å². The van der Waals surface area contributed by atoms with E-state index in [-0.39, 0.29) is 5.92 Å². The van der Waals surface area contributed by atoms with Crippen molar-refractivity contribution in [2.45, 2.75) is 25.4 Å². The van der Waals surface area contributed by atoms with E-state index in [1.54, 1.807) is 0 Å². The van der Waals surface area contributed by atoms with Gasteiger partial charge in [-0.25, -0.2) is 0 Å². The van der Waals surface area contributed by atoms with E-state index in [1.807, 2.05) is 6.92 Å². The second kappa shape index (κ2) is 2.84. The van der Waals surface area contributed by atoms with E-state index in [2.05, 4.69) is 5.32 Å². The standard InChI is InChI=1S/C6H13NO3/c1-3-2-7-6(10)5(9)4(3)8/h3-10H,2H2,1H3/t3-,4-,5-,6-/m1/s1. The van der Waals surface area contributed by atoms with Crippen LogP contribution in [-0.4, -0.2) is 40.3 Å². The molecule has 4 N–H and O–H groups in total. The van der Waals surface area contributed by atoms with Crippen LogP contribution in [0.2, 0.25) is 0 Å². The summed E-state index contributed by atoms with van der Waals surface area (Å²) in [6.07, 6.45) is -2.84. The molecule has 0 aliphatic carbocycles. The van der Waals surface area contributed by atoms with E-state index in [9.17, 15) is 0 Å². The second-order valence-electron chi connectivity index (χ2n) is 2.81. The molecule has 0 aromatic rings. The molecule has 1 saturated heterocycles. The highest BCUT2D eigenvalue weighted by atomic mass is 16.4. The summed E-state index contributed by atoms with van der Waals surface area (Å²) in [5.41, 5.74) is 0. The number of rotatable bonds is 0. The first-order chi connectivity index (χ1) is 4.63. The zero-order valence-electron chi connectivity index (χ0n) is 5.86. The predicted molar refractivity (Wildman–Crippen MR) is 35.2 cm³/mol. The van der Waals surface area contributed by atoms with Crippen LogP contribution in [0, 0.1) is 5.92 Å². The van der Waals surface area contributed by atoms with Crippen molar-refractivity contribution in [3.8, 4) is 0 Å². The molecule has 0 radical (unpaired) electrons. The van der Waals surface area contributed by atoms with Gasteiger partial charge in [-0.15, -0.1) is 0 Å². The summed E-state index contributed by atoms with van der Waals surface area (Å²) in [7, 11) is 0. The molecule has 1 aliphatic rings. The molecule has 0 amide bonds. The number of hydrogen-bond acceptors (Lipinski definition) is 4. The molecule has 0 aromatic heterocycles. The van der Waals surface area contributed by atoms with Crippen LogP contribution in [0.15, 0.2) is 0 Å². The van der Waals surface area contributed by atoms with Crippen LogP contribution in [0.4, 0.5) is 0 Å². The molecule has 1 rings (SSSR count). The molecular formula is C6H13NO3. The molecule has 0 aromatic carbocycles. The van der Waals surface area contributed by atoms with Crippen molar-refractivity contribution < 1.29 is 15.3 Å². The third kappa shape index (κ3) is 1.29. The number of aliphatic hydroxyl groups is 3. The van der Waals surface area contributed by atoms with Gasteiger partial charge in [-0.3, -0.25) is 5.32 Å². The minimum Gasteiger partial charge on any atom is -0.390 e. The minimum atomic E-state index is -1.05. The summed E-state index contributed by atoms with van der Waals surface area (Å²) in [6.45, 7) is 2.35. The Balaban J connectivity index is 2.52. The summed E-state index contributed by atoms with van der Waals surface area (Å²) >= 11 is 0. The molecule has 10 heavy (non-hydrogen) atoms. The van der Waals surface area contributed by atoms with Crippen molar-refractivity contribution in [1.29, 1.82) is 0 Å². The fourth-order valence-corrected chi connectivity index (χ4v) is 1.07. The fourth-order valence-electron chi connectivity index (χ4n) is 1.07. The highest BCUT2D eigenvalue weighted by Gasteiger charge is 2.33. The van der Waals surface area contributed by atoms with E-state index in [0.717, 1.165) is 0 Å². The lowest BCUT2D eigenvalue weighted by molar-refractivity contribution is -0.113. The zero-order chi connectivity index (χ0) is 7.72. The van der Waals surface area contributed by atoms with Gasteiger partial charge in [-0.05, 0) is 5.92 Å². The summed E-state index contributed by atoms with van der Waals surface area (Å²) in [5, 5.41) is 29.8. The van der Waals surface area contributed by atoms with E-state index in [1.165, 1.54) is 0 Å². The zero-order valence-corrected chi connectivity index (χ0v) is 5.86. The molecule has 0 saturated carbocycles. The van der Waals surface area contributed by atoms with Gasteiger partial charge in [0.1, 0.15) is 12.3 Å². The van der Waals surface area contributed by atoms with E-state index in [0.29, 0.717) is 6.54 Å². The van der Waals surface area contributed by atoms with E-state index >= 15 is 0 Å². The maximum Gasteiger partial charge on any atom is 0.133 e. The monoisotopic (exact) mass is 147 g/mol. The SMILES string of the molecule is C[C@@H]1CN[C@H](O)[C@H](O)[C@@H]1O. The number of nitrogens with one attached hydrogen (secondary N) is 1. The smallest absolute Gasteiger partial charge is 0.133 e. The van der Waals surface area contributed by atoms with Crippen LogP contribution in [0.3, 0.4) is 0 Å². The molecule has 4 heteroatoms. The summed E-state index contributed by atoms with van der Waals surface area (Å²) in [4.78, 5) is 0. The Morgan fingerprint density at radius 2 is 1.80 bits per heavy atom. The Hall–Kier alpha value is -0.160. The lowest BCUT2D eigenvalue weighted by atomic mass is 9.95. The molecule has 4 nitrogen and oxygen atoms in total. The van der Waals surface area contributed by atoms with Gasteiger partial charge in [0.2, 0.25) is 0 Å². The molecule has 0 bridgehead atoms. The molecule has 1 aliphatic heterocycles. The normalized spacial score (nSPS) is 49.2. The van der Waals surface area contributed by atoms with Crippen LogP contribution in [-0.2, 0) is 0 Å².